The smallest absolute Gasteiger partial charge is 0.177 e. The van der Waals surface area contributed by atoms with Crippen LogP contribution in [-0.4, -0.2) is 16.8 Å². The maximum Gasteiger partial charge on any atom is 0.177 e. The second kappa shape index (κ2) is 3.85. The van der Waals surface area contributed by atoms with Crippen molar-refractivity contribution in [2.45, 2.75) is 0 Å². The SMILES string of the molecule is Nc1cc(C(=O)CCl)cc(Cl)c1O. The zero-order valence-corrected chi connectivity index (χ0v) is 8.06. The third kappa shape index (κ3) is 2.05. The highest BCUT2D eigenvalue weighted by Gasteiger charge is 2.10. The number of carbonyl (C=O) groups is 1. The van der Waals surface area contributed by atoms with E-state index in [2.05, 4.69) is 0 Å². The fraction of sp³-hybridized carbons (Fsp3) is 0.125. The van der Waals surface area contributed by atoms with Crippen LogP contribution >= 0.6 is 23.2 Å². The number of hydrogen-bond acceptors (Lipinski definition) is 3. The lowest BCUT2D eigenvalue weighted by Crippen LogP contribution is -2.01. The average Bonchev–Trinajstić information content (AvgIpc) is 2.12. The van der Waals surface area contributed by atoms with Gasteiger partial charge in [-0.2, -0.15) is 0 Å². The third-order valence-corrected chi connectivity index (χ3v) is 2.07. The maximum absolute atomic E-state index is 11.1. The molecule has 0 aromatic heterocycles. The van der Waals surface area contributed by atoms with Crippen LogP contribution in [0.3, 0.4) is 0 Å². The predicted octanol–water partition coefficient (Wildman–Crippen LogP) is 2.05. The van der Waals surface area contributed by atoms with Crippen molar-refractivity contribution in [3.05, 3.63) is 22.7 Å². The number of benzene rings is 1. The van der Waals surface area contributed by atoms with Crippen molar-refractivity contribution >= 4 is 34.7 Å². The summed E-state index contributed by atoms with van der Waals surface area (Å²) in [6, 6.07) is 2.67. The van der Waals surface area contributed by atoms with Crippen LogP contribution in [-0.2, 0) is 0 Å². The van der Waals surface area contributed by atoms with E-state index in [9.17, 15) is 9.90 Å². The molecule has 5 heteroatoms. The van der Waals surface area contributed by atoms with Crippen LogP contribution < -0.4 is 5.73 Å². The minimum absolute atomic E-state index is 0.0495. The number of carbonyl (C=O) groups excluding carboxylic acids is 1. The molecule has 0 amide bonds. The summed E-state index contributed by atoms with van der Waals surface area (Å²) in [7, 11) is 0. The van der Waals surface area contributed by atoms with Crippen molar-refractivity contribution < 1.29 is 9.90 Å². The summed E-state index contributed by atoms with van der Waals surface area (Å²) < 4.78 is 0. The highest BCUT2D eigenvalue weighted by molar-refractivity contribution is 6.34. The summed E-state index contributed by atoms with van der Waals surface area (Å²) in [5.41, 5.74) is 5.76. The van der Waals surface area contributed by atoms with Gasteiger partial charge in [0, 0.05) is 5.56 Å². The molecule has 0 saturated carbocycles. The van der Waals surface area contributed by atoms with E-state index in [1.165, 1.54) is 12.1 Å². The third-order valence-electron chi connectivity index (χ3n) is 1.54. The van der Waals surface area contributed by atoms with Gasteiger partial charge in [0.1, 0.15) is 0 Å². The van der Waals surface area contributed by atoms with Gasteiger partial charge in [0.2, 0.25) is 0 Å². The van der Waals surface area contributed by atoms with Gasteiger partial charge < -0.3 is 10.8 Å². The summed E-state index contributed by atoms with van der Waals surface area (Å²) in [5, 5.41) is 9.23. The maximum atomic E-state index is 11.1. The topological polar surface area (TPSA) is 63.3 Å². The highest BCUT2D eigenvalue weighted by Crippen LogP contribution is 2.30. The van der Waals surface area contributed by atoms with E-state index in [0.717, 1.165) is 0 Å². The Kier molecular flexibility index (Phi) is 3.01. The molecule has 1 aromatic rings. The van der Waals surface area contributed by atoms with E-state index >= 15 is 0 Å². The number of rotatable bonds is 2. The van der Waals surface area contributed by atoms with Gasteiger partial charge in [-0.1, -0.05) is 11.6 Å². The zero-order valence-electron chi connectivity index (χ0n) is 6.55. The molecule has 0 aliphatic heterocycles. The molecule has 0 spiro atoms. The molecule has 0 fully saturated rings. The lowest BCUT2D eigenvalue weighted by molar-refractivity contribution is 0.102. The first-order chi connectivity index (χ1) is 6.06. The van der Waals surface area contributed by atoms with Crippen LogP contribution in [0.25, 0.3) is 0 Å². The molecule has 13 heavy (non-hydrogen) atoms. The molecule has 0 aliphatic carbocycles. The monoisotopic (exact) mass is 219 g/mol. The van der Waals surface area contributed by atoms with E-state index in [1.807, 2.05) is 0 Å². The molecule has 0 saturated heterocycles. The number of Topliss-reactive ketones (excluding diaryl/α,β-unsaturated/α-hetero) is 1. The van der Waals surface area contributed by atoms with Crippen molar-refractivity contribution in [1.82, 2.24) is 0 Å². The number of nitrogen functional groups attached to an aromatic ring is 1. The molecule has 0 unspecified atom stereocenters. The Bertz CT molecular complexity index is 329. The van der Waals surface area contributed by atoms with Crippen molar-refractivity contribution in [2.24, 2.45) is 0 Å². The average molecular weight is 220 g/mol. The summed E-state index contributed by atoms with van der Waals surface area (Å²) in [4.78, 5) is 11.1. The van der Waals surface area contributed by atoms with Gasteiger partial charge in [-0.25, -0.2) is 0 Å². The Balaban J connectivity index is 3.20. The molecule has 3 nitrogen and oxygen atoms in total. The number of alkyl halides is 1. The van der Waals surface area contributed by atoms with Crippen LogP contribution in [0.4, 0.5) is 5.69 Å². The molecule has 3 N–H and O–H groups in total. The zero-order chi connectivity index (χ0) is 10.0. The molecule has 1 rings (SSSR count). The van der Waals surface area contributed by atoms with Gasteiger partial charge in [0.05, 0.1) is 16.6 Å². The van der Waals surface area contributed by atoms with Gasteiger partial charge in [-0.15, -0.1) is 11.6 Å². The van der Waals surface area contributed by atoms with Crippen molar-refractivity contribution in [3.63, 3.8) is 0 Å². The highest BCUT2D eigenvalue weighted by atomic mass is 35.5. The Morgan fingerprint density at radius 2 is 2.15 bits per heavy atom. The summed E-state index contributed by atoms with van der Waals surface area (Å²) in [5.74, 6) is -0.636. The molecule has 0 heterocycles. The lowest BCUT2D eigenvalue weighted by atomic mass is 10.1. The first-order valence-corrected chi connectivity index (χ1v) is 4.34. The standard InChI is InChI=1S/C8H7Cl2NO2/c9-3-7(12)4-1-5(10)8(13)6(11)2-4/h1-2,13H,3,11H2. The van der Waals surface area contributed by atoms with Crippen molar-refractivity contribution in [2.75, 3.05) is 11.6 Å². The number of hydrogen-bond donors (Lipinski definition) is 2. The summed E-state index contributed by atoms with van der Waals surface area (Å²) >= 11 is 10.9. The molecule has 70 valence electrons. The first-order valence-electron chi connectivity index (χ1n) is 3.43. The Hall–Kier alpha value is -0.930. The second-order valence-electron chi connectivity index (χ2n) is 2.45. The van der Waals surface area contributed by atoms with E-state index in [1.54, 1.807) is 0 Å². The van der Waals surface area contributed by atoms with Crippen LogP contribution in [0.1, 0.15) is 10.4 Å². The number of halogens is 2. The summed E-state index contributed by atoms with van der Waals surface area (Å²) in [6.45, 7) is 0. The number of anilines is 1. The van der Waals surface area contributed by atoms with Gasteiger partial charge in [-0.05, 0) is 12.1 Å². The largest absolute Gasteiger partial charge is 0.504 e. The fourth-order valence-corrected chi connectivity index (χ4v) is 1.24. The molecule has 0 bridgehead atoms. The Morgan fingerprint density at radius 3 is 2.62 bits per heavy atom. The van der Waals surface area contributed by atoms with Gasteiger partial charge in [0.25, 0.3) is 0 Å². The van der Waals surface area contributed by atoms with Crippen molar-refractivity contribution in [1.29, 1.82) is 0 Å². The molecule has 0 radical (unpaired) electrons. The van der Waals surface area contributed by atoms with Crippen LogP contribution in [0, 0.1) is 0 Å². The quantitative estimate of drug-likeness (QED) is 0.347. The predicted molar refractivity (Wildman–Crippen MR) is 52.6 cm³/mol. The molecule has 0 aliphatic rings. The number of nitrogens with two attached hydrogens (primary N) is 1. The normalized spacial score (nSPS) is 10.0. The van der Waals surface area contributed by atoms with E-state index in [4.69, 9.17) is 28.9 Å². The number of phenolic OH excluding ortho intramolecular Hbond substituents is 1. The fourth-order valence-electron chi connectivity index (χ4n) is 0.858. The van der Waals surface area contributed by atoms with E-state index in [-0.39, 0.29) is 28.1 Å². The van der Waals surface area contributed by atoms with E-state index in [0.29, 0.717) is 5.56 Å². The minimum atomic E-state index is -0.282. The van der Waals surface area contributed by atoms with E-state index < -0.39 is 0 Å². The first kappa shape index (κ1) is 10.2. The summed E-state index contributed by atoms with van der Waals surface area (Å²) in [6.07, 6.45) is 0. The van der Waals surface area contributed by atoms with Gasteiger partial charge in [0.15, 0.2) is 11.5 Å². The second-order valence-corrected chi connectivity index (χ2v) is 3.13. The minimum Gasteiger partial charge on any atom is -0.504 e. The van der Waals surface area contributed by atoms with Gasteiger partial charge >= 0.3 is 0 Å². The number of ketones is 1. The molecule has 1 aromatic carbocycles. The lowest BCUT2D eigenvalue weighted by Gasteiger charge is -2.03. The van der Waals surface area contributed by atoms with Crippen LogP contribution in [0.2, 0.25) is 5.02 Å². The Morgan fingerprint density at radius 1 is 1.54 bits per heavy atom. The Labute approximate surface area is 85.1 Å². The van der Waals surface area contributed by atoms with Crippen molar-refractivity contribution in [3.8, 4) is 5.75 Å². The van der Waals surface area contributed by atoms with Crippen LogP contribution in [0.15, 0.2) is 12.1 Å². The number of aromatic hydroxyl groups is 1. The molecular formula is C8H7Cl2NO2. The molecular weight excluding hydrogens is 213 g/mol. The van der Waals surface area contributed by atoms with Crippen LogP contribution in [0.5, 0.6) is 5.75 Å². The molecule has 0 atom stereocenters. The number of phenols is 1. The van der Waals surface area contributed by atoms with Gasteiger partial charge in [-0.3, -0.25) is 4.79 Å².